The molecule has 3 rings (SSSR count). The molecule has 3 aromatic rings. The highest BCUT2D eigenvalue weighted by atomic mass is 32.1. The van der Waals surface area contributed by atoms with Crippen LogP contribution in [0.25, 0.3) is 22.4 Å². The van der Waals surface area contributed by atoms with Crippen LogP contribution in [0.2, 0.25) is 0 Å². The molecule has 0 bridgehead atoms. The number of hydrogen-bond donors (Lipinski definition) is 2. The fourth-order valence-electron chi connectivity index (χ4n) is 2.24. The first-order valence-corrected chi connectivity index (χ1v) is 8.03. The minimum atomic E-state index is -0.0872. The van der Waals surface area contributed by atoms with Gasteiger partial charge in [0.15, 0.2) is 0 Å². The second-order valence-corrected chi connectivity index (χ2v) is 6.14. The predicted octanol–water partition coefficient (Wildman–Crippen LogP) is 2.58. The average Bonchev–Trinajstić information content (AvgIpc) is 3.14. The fraction of sp³-hybridized carbons (Fsp3) is 0.250. The summed E-state index contributed by atoms with van der Waals surface area (Å²) in [6, 6.07) is 7.64. The van der Waals surface area contributed by atoms with Crippen molar-refractivity contribution in [2.45, 2.75) is 0 Å². The summed E-state index contributed by atoms with van der Waals surface area (Å²) in [5.74, 6) is 0.709. The van der Waals surface area contributed by atoms with E-state index in [2.05, 4.69) is 15.3 Å². The highest BCUT2D eigenvalue weighted by Crippen LogP contribution is 2.24. The van der Waals surface area contributed by atoms with Gasteiger partial charge in [0.2, 0.25) is 0 Å². The Morgan fingerprint density at radius 2 is 2.23 bits per heavy atom. The Morgan fingerprint density at radius 3 is 2.95 bits per heavy atom. The number of thiophene rings is 1. The molecule has 0 fully saturated rings. The van der Waals surface area contributed by atoms with Crippen LogP contribution in [0.15, 0.2) is 35.0 Å². The molecule has 1 amide bonds. The number of fused-ring (bicyclic) bond motifs is 1. The summed E-state index contributed by atoms with van der Waals surface area (Å²) in [5.41, 5.74) is 3.24. The molecule has 0 aliphatic carbocycles. The zero-order valence-electron chi connectivity index (χ0n) is 12.6. The van der Waals surface area contributed by atoms with Crippen LogP contribution >= 0.6 is 11.3 Å². The number of likely N-dealkylation sites (N-methyl/N-ethyl adjacent to an activating group) is 1. The van der Waals surface area contributed by atoms with Crippen molar-refractivity contribution in [1.82, 2.24) is 20.2 Å². The molecular weight excluding hydrogens is 296 g/mol. The Balaban J connectivity index is 1.88. The van der Waals surface area contributed by atoms with Gasteiger partial charge in [-0.15, -0.1) is 0 Å². The first kappa shape index (κ1) is 14.7. The van der Waals surface area contributed by atoms with Gasteiger partial charge in [-0.3, -0.25) is 4.79 Å². The number of benzene rings is 1. The lowest BCUT2D eigenvalue weighted by atomic mass is 10.1. The molecule has 114 valence electrons. The van der Waals surface area contributed by atoms with Crippen LogP contribution in [0.3, 0.4) is 0 Å². The Labute approximate surface area is 133 Å². The third-order valence-corrected chi connectivity index (χ3v) is 4.08. The number of nitrogens with zero attached hydrogens (tertiary/aromatic N) is 2. The van der Waals surface area contributed by atoms with Crippen LogP contribution in [0.4, 0.5) is 0 Å². The first-order valence-electron chi connectivity index (χ1n) is 7.09. The maximum absolute atomic E-state index is 12.4. The highest BCUT2D eigenvalue weighted by molar-refractivity contribution is 7.08. The van der Waals surface area contributed by atoms with Crippen molar-refractivity contribution in [2.24, 2.45) is 0 Å². The number of amides is 1. The summed E-state index contributed by atoms with van der Waals surface area (Å²) < 4.78 is 0. The zero-order valence-corrected chi connectivity index (χ0v) is 13.4. The monoisotopic (exact) mass is 314 g/mol. The van der Waals surface area contributed by atoms with Crippen molar-refractivity contribution in [3.05, 3.63) is 40.6 Å². The smallest absolute Gasteiger partial charge is 0.253 e. The molecule has 0 unspecified atom stereocenters. The predicted molar refractivity (Wildman–Crippen MR) is 90.3 cm³/mol. The molecule has 0 atom stereocenters. The van der Waals surface area contributed by atoms with E-state index in [0.717, 1.165) is 23.4 Å². The summed E-state index contributed by atoms with van der Waals surface area (Å²) in [6.45, 7) is 1.42. The second-order valence-electron chi connectivity index (χ2n) is 5.36. The maximum Gasteiger partial charge on any atom is 0.253 e. The Kier molecular flexibility index (Phi) is 4.22. The molecule has 2 aromatic heterocycles. The van der Waals surface area contributed by atoms with Crippen LogP contribution in [0.5, 0.6) is 0 Å². The second kappa shape index (κ2) is 6.29. The molecule has 22 heavy (non-hydrogen) atoms. The SMILES string of the molecule is CN(C)CCNC(=O)c1cccc2[nH]c(-c3ccsc3)nc12. The number of para-hydroxylation sites is 1. The number of aromatic nitrogens is 2. The Bertz CT molecular complexity index is 777. The van der Waals surface area contributed by atoms with Crippen molar-refractivity contribution in [3.63, 3.8) is 0 Å². The third kappa shape index (κ3) is 3.03. The first-order chi connectivity index (χ1) is 10.6. The van der Waals surface area contributed by atoms with Crippen molar-refractivity contribution in [2.75, 3.05) is 27.2 Å². The standard InChI is InChI=1S/C16H18N4OS/c1-20(2)8-7-17-16(21)12-4-3-5-13-14(12)19-15(18-13)11-6-9-22-10-11/h3-6,9-10H,7-8H2,1-2H3,(H,17,21)(H,18,19). The lowest BCUT2D eigenvalue weighted by molar-refractivity contribution is 0.0952. The van der Waals surface area contributed by atoms with Gasteiger partial charge in [0.1, 0.15) is 11.3 Å². The minimum absolute atomic E-state index is 0.0872. The topological polar surface area (TPSA) is 61.0 Å². The van der Waals surface area contributed by atoms with E-state index in [4.69, 9.17) is 0 Å². The molecule has 6 heteroatoms. The van der Waals surface area contributed by atoms with Crippen LogP contribution in [0, 0.1) is 0 Å². The summed E-state index contributed by atoms with van der Waals surface area (Å²) in [6.07, 6.45) is 0. The van der Waals surface area contributed by atoms with Crippen molar-refractivity contribution in [3.8, 4) is 11.4 Å². The van der Waals surface area contributed by atoms with Gasteiger partial charge in [0, 0.05) is 24.0 Å². The Hall–Kier alpha value is -2.18. The van der Waals surface area contributed by atoms with Crippen molar-refractivity contribution < 1.29 is 4.79 Å². The van der Waals surface area contributed by atoms with E-state index in [1.165, 1.54) is 0 Å². The van der Waals surface area contributed by atoms with Gasteiger partial charge < -0.3 is 15.2 Å². The molecular formula is C16H18N4OS. The van der Waals surface area contributed by atoms with Gasteiger partial charge in [-0.1, -0.05) is 6.07 Å². The lowest BCUT2D eigenvalue weighted by Crippen LogP contribution is -2.31. The van der Waals surface area contributed by atoms with Gasteiger partial charge in [0.05, 0.1) is 11.1 Å². The maximum atomic E-state index is 12.4. The van der Waals surface area contributed by atoms with Crippen LogP contribution < -0.4 is 5.32 Å². The molecule has 0 aliphatic rings. The molecule has 0 saturated heterocycles. The summed E-state index contributed by atoms with van der Waals surface area (Å²) in [5, 5.41) is 6.98. The fourth-order valence-corrected chi connectivity index (χ4v) is 2.88. The van der Waals surface area contributed by atoms with E-state index in [1.807, 2.05) is 54.0 Å². The molecule has 2 N–H and O–H groups in total. The number of hydrogen-bond acceptors (Lipinski definition) is 4. The summed E-state index contributed by atoms with van der Waals surface area (Å²) >= 11 is 1.62. The normalized spacial score (nSPS) is 11.2. The van der Waals surface area contributed by atoms with E-state index in [-0.39, 0.29) is 5.91 Å². The van der Waals surface area contributed by atoms with E-state index >= 15 is 0 Å². The van der Waals surface area contributed by atoms with Crippen molar-refractivity contribution in [1.29, 1.82) is 0 Å². The quantitative estimate of drug-likeness (QED) is 0.761. The van der Waals surface area contributed by atoms with E-state index in [1.54, 1.807) is 11.3 Å². The average molecular weight is 314 g/mol. The van der Waals surface area contributed by atoms with Gasteiger partial charge in [0.25, 0.3) is 5.91 Å². The zero-order chi connectivity index (χ0) is 15.5. The highest BCUT2D eigenvalue weighted by Gasteiger charge is 2.14. The molecule has 5 nitrogen and oxygen atoms in total. The number of carbonyl (C=O) groups is 1. The van der Waals surface area contributed by atoms with E-state index in [9.17, 15) is 4.79 Å². The van der Waals surface area contributed by atoms with Crippen LogP contribution in [0.1, 0.15) is 10.4 Å². The van der Waals surface area contributed by atoms with E-state index in [0.29, 0.717) is 17.6 Å². The van der Waals surface area contributed by atoms with Crippen LogP contribution in [-0.2, 0) is 0 Å². The minimum Gasteiger partial charge on any atom is -0.351 e. The number of rotatable bonds is 5. The molecule has 2 heterocycles. The third-order valence-electron chi connectivity index (χ3n) is 3.40. The van der Waals surface area contributed by atoms with E-state index < -0.39 is 0 Å². The van der Waals surface area contributed by atoms with Gasteiger partial charge >= 0.3 is 0 Å². The lowest BCUT2D eigenvalue weighted by Gasteiger charge is -2.10. The van der Waals surface area contributed by atoms with Crippen LogP contribution in [-0.4, -0.2) is 48.0 Å². The van der Waals surface area contributed by atoms with Crippen molar-refractivity contribution >= 4 is 28.3 Å². The van der Waals surface area contributed by atoms with Gasteiger partial charge in [-0.25, -0.2) is 4.98 Å². The molecule has 0 saturated carbocycles. The number of H-pyrrole nitrogens is 1. The molecule has 0 radical (unpaired) electrons. The number of imidazole rings is 1. The Morgan fingerprint density at radius 1 is 1.36 bits per heavy atom. The summed E-state index contributed by atoms with van der Waals surface area (Å²) in [7, 11) is 3.96. The molecule has 1 aromatic carbocycles. The largest absolute Gasteiger partial charge is 0.351 e. The number of nitrogens with one attached hydrogen (secondary N) is 2. The van der Waals surface area contributed by atoms with Gasteiger partial charge in [-0.05, 0) is 37.7 Å². The summed E-state index contributed by atoms with van der Waals surface area (Å²) in [4.78, 5) is 22.3. The molecule has 0 aliphatic heterocycles. The molecule has 0 spiro atoms. The number of aromatic amines is 1. The van der Waals surface area contributed by atoms with Gasteiger partial charge in [-0.2, -0.15) is 11.3 Å². The number of carbonyl (C=O) groups excluding carboxylic acids is 1.